The van der Waals surface area contributed by atoms with E-state index in [0.717, 1.165) is 35.5 Å². The first-order chi connectivity index (χ1) is 14.6. The lowest BCUT2D eigenvalue weighted by atomic mass is 10.1. The Morgan fingerprint density at radius 2 is 1.90 bits per heavy atom. The highest BCUT2D eigenvalue weighted by molar-refractivity contribution is 5.83. The second-order valence-electron chi connectivity index (χ2n) is 7.68. The lowest BCUT2D eigenvalue weighted by molar-refractivity contribution is 0.606. The molecule has 0 aliphatic rings. The van der Waals surface area contributed by atoms with Gasteiger partial charge in [-0.2, -0.15) is 4.98 Å². The number of aromatic amines is 2. The molecule has 4 rings (SSSR count). The summed E-state index contributed by atoms with van der Waals surface area (Å²) in [6.07, 6.45) is 6.78. The summed E-state index contributed by atoms with van der Waals surface area (Å²) in [7, 11) is 0. The van der Waals surface area contributed by atoms with Crippen molar-refractivity contribution in [2.75, 3.05) is 11.9 Å². The second kappa shape index (κ2) is 8.78. The van der Waals surface area contributed by atoms with E-state index in [2.05, 4.69) is 39.1 Å². The highest BCUT2D eigenvalue weighted by atomic mass is 16.1. The van der Waals surface area contributed by atoms with E-state index in [0.29, 0.717) is 22.9 Å². The van der Waals surface area contributed by atoms with Crippen LogP contribution in [0.25, 0.3) is 34.4 Å². The number of hydrogen-bond acceptors (Lipinski definition) is 4. The van der Waals surface area contributed by atoms with Gasteiger partial charge in [-0.25, -0.2) is 0 Å². The fourth-order valence-corrected chi connectivity index (χ4v) is 3.19. The highest BCUT2D eigenvalue weighted by Gasteiger charge is 2.10. The Bertz CT molecular complexity index is 1220. The number of benzene rings is 1. The van der Waals surface area contributed by atoms with Gasteiger partial charge in [0.05, 0.1) is 11.1 Å². The molecule has 6 heteroatoms. The molecule has 4 aromatic rings. The fourth-order valence-electron chi connectivity index (χ4n) is 3.19. The molecule has 0 fully saturated rings. The quantitative estimate of drug-likeness (QED) is 0.411. The first-order valence-electron chi connectivity index (χ1n) is 10.1. The molecule has 0 amide bonds. The monoisotopic (exact) mass is 399 g/mol. The van der Waals surface area contributed by atoms with Crippen molar-refractivity contribution in [1.82, 2.24) is 19.9 Å². The third kappa shape index (κ3) is 4.66. The summed E-state index contributed by atoms with van der Waals surface area (Å²) in [6.45, 7) is 5.09. The van der Waals surface area contributed by atoms with Gasteiger partial charge in [-0.15, -0.1) is 0 Å². The van der Waals surface area contributed by atoms with E-state index < -0.39 is 0 Å². The molecule has 3 heterocycles. The van der Waals surface area contributed by atoms with Crippen molar-refractivity contribution in [2.45, 2.75) is 20.3 Å². The van der Waals surface area contributed by atoms with E-state index >= 15 is 0 Å². The topological polar surface area (TPSA) is 86.5 Å². The average molecular weight is 399 g/mol. The third-order valence-electron chi connectivity index (χ3n) is 4.85. The van der Waals surface area contributed by atoms with Crippen LogP contribution in [0.5, 0.6) is 0 Å². The molecule has 0 spiro atoms. The number of pyridine rings is 1. The zero-order chi connectivity index (χ0) is 20.9. The Morgan fingerprint density at radius 3 is 2.70 bits per heavy atom. The lowest BCUT2D eigenvalue weighted by Crippen LogP contribution is -2.14. The molecule has 3 N–H and O–H groups in total. The summed E-state index contributed by atoms with van der Waals surface area (Å²) < 4.78 is 0. The zero-order valence-corrected chi connectivity index (χ0v) is 17.1. The van der Waals surface area contributed by atoms with Crippen LogP contribution in [0.4, 0.5) is 5.95 Å². The predicted molar refractivity (Wildman–Crippen MR) is 123 cm³/mol. The maximum atomic E-state index is 12.5. The van der Waals surface area contributed by atoms with Gasteiger partial charge in [-0.3, -0.25) is 14.8 Å². The van der Waals surface area contributed by atoms with Crippen LogP contribution < -0.4 is 10.9 Å². The Labute approximate surface area is 175 Å². The number of anilines is 1. The minimum absolute atomic E-state index is 0.159. The molecule has 0 saturated heterocycles. The molecule has 0 aliphatic carbocycles. The van der Waals surface area contributed by atoms with Crippen LogP contribution >= 0.6 is 0 Å². The van der Waals surface area contributed by atoms with Gasteiger partial charge in [0.25, 0.3) is 5.56 Å². The number of aromatic nitrogens is 4. The molecule has 0 saturated carbocycles. The lowest BCUT2D eigenvalue weighted by Gasteiger charge is -2.06. The molecule has 0 unspecified atom stereocenters. The van der Waals surface area contributed by atoms with E-state index in [1.54, 1.807) is 6.20 Å². The van der Waals surface area contributed by atoms with Gasteiger partial charge in [0.1, 0.15) is 5.65 Å². The van der Waals surface area contributed by atoms with Crippen LogP contribution in [-0.2, 0) is 0 Å². The van der Waals surface area contributed by atoms with Crippen molar-refractivity contribution >= 4 is 29.1 Å². The minimum Gasteiger partial charge on any atom is -0.356 e. The van der Waals surface area contributed by atoms with Crippen LogP contribution in [0.2, 0.25) is 0 Å². The first-order valence-corrected chi connectivity index (χ1v) is 10.1. The van der Waals surface area contributed by atoms with Crippen LogP contribution in [0.3, 0.4) is 0 Å². The largest absolute Gasteiger partial charge is 0.356 e. The van der Waals surface area contributed by atoms with E-state index in [1.165, 1.54) is 0 Å². The Hall–Kier alpha value is -3.67. The van der Waals surface area contributed by atoms with Gasteiger partial charge in [0.2, 0.25) is 5.95 Å². The van der Waals surface area contributed by atoms with Gasteiger partial charge in [-0.05, 0) is 42.2 Å². The summed E-state index contributed by atoms with van der Waals surface area (Å²) >= 11 is 0. The normalized spacial score (nSPS) is 11.6. The number of hydrogen-bond donors (Lipinski definition) is 3. The summed E-state index contributed by atoms with van der Waals surface area (Å²) in [5.41, 5.74) is 4.15. The Morgan fingerprint density at radius 1 is 1.07 bits per heavy atom. The number of fused-ring (bicyclic) bond motifs is 1. The van der Waals surface area contributed by atoms with Crippen molar-refractivity contribution in [3.63, 3.8) is 0 Å². The molecule has 0 bridgehead atoms. The Balaban J connectivity index is 1.59. The smallest absolute Gasteiger partial charge is 0.261 e. The van der Waals surface area contributed by atoms with Gasteiger partial charge in [-0.1, -0.05) is 50.3 Å². The minimum atomic E-state index is -0.159. The number of nitrogens with zero attached hydrogens (tertiary/aromatic N) is 2. The molecule has 0 radical (unpaired) electrons. The highest BCUT2D eigenvalue weighted by Crippen LogP contribution is 2.22. The third-order valence-corrected chi connectivity index (χ3v) is 4.85. The summed E-state index contributed by atoms with van der Waals surface area (Å²) in [4.78, 5) is 27.5. The first kappa shape index (κ1) is 19.6. The molecule has 3 aromatic heterocycles. The standard InChI is InChI=1S/C24H25N5O/c1-16(2)10-12-26-24-28-22-20(23(30)29-24)15-21(27-22)18-11-13-25-19(14-18)9-8-17-6-4-3-5-7-17/h3-9,11,13-16H,10,12H2,1-2H3,(H3,26,27,28,29,30)/b9-8+. The molecular weight excluding hydrogens is 374 g/mol. The van der Waals surface area contributed by atoms with Crippen molar-refractivity contribution in [1.29, 1.82) is 0 Å². The molecule has 30 heavy (non-hydrogen) atoms. The number of nitrogens with one attached hydrogen (secondary N) is 3. The van der Waals surface area contributed by atoms with Crippen LogP contribution in [0.15, 0.2) is 59.5 Å². The predicted octanol–water partition coefficient (Wildman–Crippen LogP) is 4.94. The van der Waals surface area contributed by atoms with E-state index in [4.69, 9.17) is 0 Å². The van der Waals surface area contributed by atoms with Gasteiger partial charge in [0, 0.05) is 24.0 Å². The fraction of sp³-hybridized carbons (Fsp3) is 0.208. The van der Waals surface area contributed by atoms with Crippen molar-refractivity contribution < 1.29 is 0 Å². The molecule has 152 valence electrons. The van der Waals surface area contributed by atoms with Crippen LogP contribution in [0, 0.1) is 5.92 Å². The summed E-state index contributed by atoms with van der Waals surface area (Å²) in [5, 5.41) is 3.73. The Kier molecular flexibility index (Phi) is 5.75. The van der Waals surface area contributed by atoms with E-state index in [-0.39, 0.29) is 5.56 Å². The molecule has 0 atom stereocenters. The molecular formula is C24H25N5O. The van der Waals surface area contributed by atoms with E-state index in [1.807, 2.05) is 60.7 Å². The number of H-pyrrole nitrogens is 2. The van der Waals surface area contributed by atoms with Crippen LogP contribution in [-0.4, -0.2) is 26.5 Å². The maximum absolute atomic E-state index is 12.5. The van der Waals surface area contributed by atoms with Crippen molar-refractivity contribution in [3.8, 4) is 11.3 Å². The van der Waals surface area contributed by atoms with Crippen molar-refractivity contribution in [2.24, 2.45) is 5.92 Å². The van der Waals surface area contributed by atoms with Gasteiger partial charge >= 0.3 is 0 Å². The average Bonchev–Trinajstić information content (AvgIpc) is 3.18. The molecule has 0 aliphatic heterocycles. The second-order valence-corrected chi connectivity index (χ2v) is 7.68. The van der Waals surface area contributed by atoms with Crippen molar-refractivity contribution in [3.05, 3.63) is 76.3 Å². The maximum Gasteiger partial charge on any atom is 0.261 e. The summed E-state index contributed by atoms with van der Waals surface area (Å²) in [5.74, 6) is 1.07. The summed E-state index contributed by atoms with van der Waals surface area (Å²) in [6, 6.07) is 15.8. The number of rotatable bonds is 7. The van der Waals surface area contributed by atoms with Crippen LogP contribution in [0.1, 0.15) is 31.5 Å². The zero-order valence-electron chi connectivity index (χ0n) is 17.1. The molecule has 1 aromatic carbocycles. The van der Waals surface area contributed by atoms with Gasteiger partial charge in [0.15, 0.2) is 0 Å². The van der Waals surface area contributed by atoms with Gasteiger partial charge < -0.3 is 10.3 Å². The van der Waals surface area contributed by atoms with E-state index in [9.17, 15) is 4.79 Å². The molecule has 6 nitrogen and oxygen atoms in total. The SMILES string of the molecule is CC(C)CCNc1nc2[nH]c(-c3ccnc(/C=C/c4ccccc4)c3)cc2c(=O)[nH]1.